The maximum absolute atomic E-state index is 12.8. The van der Waals surface area contributed by atoms with Crippen LogP contribution in [0.3, 0.4) is 0 Å². The summed E-state index contributed by atoms with van der Waals surface area (Å²) in [6, 6.07) is 13.7. The number of pyridine rings is 1. The summed E-state index contributed by atoms with van der Waals surface area (Å²) in [6.45, 7) is 1.46. The van der Waals surface area contributed by atoms with E-state index in [-0.39, 0.29) is 10.8 Å². The lowest BCUT2D eigenvalue weighted by Crippen LogP contribution is -2.14. The molecule has 1 heterocycles. The van der Waals surface area contributed by atoms with Gasteiger partial charge in [-0.1, -0.05) is 12.1 Å². The van der Waals surface area contributed by atoms with Gasteiger partial charge in [-0.2, -0.15) is 8.42 Å². The average Bonchev–Trinajstić information content (AvgIpc) is 2.66. The molecule has 0 amide bonds. The summed E-state index contributed by atoms with van der Waals surface area (Å²) in [4.78, 5) is 17.9. The second-order valence-electron chi connectivity index (χ2n) is 5.79. The zero-order valence-electron chi connectivity index (χ0n) is 15.0. The molecule has 0 atom stereocenters. The molecule has 2 aromatic carbocycles. The van der Waals surface area contributed by atoms with E-state index < -0.39 is 10.0 Å². The third-order valence-corrected chi connectivity index (χ3v) is 6.97. The predicted molar refractivity (Wildman–Crippen MR) is 113 cm³/mol. The highest BCUT2D eigenvalue weighted by Gasteiger charge is 2.17. The van der Waals surface area contributed by atoms with E-state index in [1.54, 1.807) is 53.9 Å². The third-order valence-electron chi connectivity index (χ3n) is 3.98. The Morgan fingerprint density at radius 3 is 2.33 bits per heavy atom. The number of ketones is 1. The van der Waals surface area contributed by atoms with Gasteiger partial charge in [-0.15, -0.1) is 23.5 Å². The molecule has 0 aliphatic rings. The van der Waals surface area contributed by atoms with E-state index in [4.69, 9.17) is 0 Å². The van der Waals surface area contributed by atoms with Gasteiger partial charge in [-0.3, -0.25) is 9.52 Å². The SMILES string of the molecule is CSc1ccc(NS(=O)(=O)c2ccc3ccc(C(C)=O)cc3n2)cc1SC. The van der Waals surface area contributed by atoms with Crippen molar-refractivity contribution in [1.82, 2.24) is 4.98 Å². The molecule has 1 N–H and O–H groups in total. The monoisotopic (exact) mass is 418 g/mol. The molecule has 0 saturated heterocycles. The zero-order valence-corrected chi connectivity index (χ0v) is 17.5. The summed E-state index contributed by atoms with van der Waals surface area (Å²) in [5.74, 6) is -0.0939. The Morgan fingerprint density at radius 1 is 0.963 bits per heavy atom. The Labute approximate surface area is 167 Å². The summed E-state index contributed by atoms with van der Waals surface area (Å²) in [7, 11) is -3.84. The second kappa shape index (κ2) is 7.92. The van der Waals surface area contributed by atoms with E-state index in [0.717, 1.165) is 15.2 Å². The lowest BCUT2D eigenvalue weighted by molar-refractivity contribution is 0.101. The highest BCUT2D eigenvalue weighted by molar-refractivity contribution is 8.01. The number of sulfonamides is 1. The topological polar surface area (TPSA) is 76.1 Å². The standard InChI is InChI=1S/C19H18N2O3S3/c1-12(22)14-5-4-13-6-9-19(20-16(13)10-14)27(23,24)21-15-7-8-17(25-2)18(11-15)26-3/h4-11,21H,1-3H3. The van der Waals surface area contributed by atoms with Crippen molar-refractivity contribution in [3.8, 4) is 0 Å². The molecule has 0 fully saturated rings. The lowest BCUT2D eigenvalue weighted by Gasteiger charge is -2.11. The number of carbonyl (C=O) groups is 1. The van der Waals surface area contributed by atoms with E-state index in [2.05, 4.69) is 9.71 Å². The van der Waals surface area contributed by atoms with Crippen LogP contribution in [0.2, 0.25) is 0 Å². The largest absolute Gasteiger partial charge is 0.295 e. The summed E-state index contributed by atoms with van der Waals surface area (Å²) >= 11 is 3.17. The fraction of sp³-hybridized carbons (Fsp3) is 0.158. The van der Waals surface area contributed by atoms with E-state index in [1.807, 2.05) is 24.6 Å². The van der Waals surface area contributed by atoms with Crippen LogP contribution in [0, 0.1) is 0 Å². The molecule has 0 unspecified atom stereocenters. The number of carbonyl (C=O) groups excluding carboxylic acids is 1. The van der Waals surface area contributed by atoms with Crippen molar-refractivity contribution in [2.24, 2.45) is 0 Å². The number of thioether (sulfide) groups is 2. The second-order valence-corrected chi connectivity index (χ2v) is 9.11. The van der Waals surface area contributed by atoms with Crippen molar-refractivity contribution in [2.45, 2.75) is 21.7 Å². The lowest BCUT2D eigenvalue weighted by atomic mass is 10.1. The number of Topliss-reactive ketones (excluding diaryl/α,β-unsaturated/α-hetero) is 1. The number of hydrogen-bond donors (Lipinski definition) is 1. The maximum Gasteiger partial charge on any atom is 0.279 e. The number of rotatable bonds is 6. The van der Waals surface area contributed by atoms with Gasteiger partial charge in [0.05, 0.1) is 11.2 Å². The molecule has 8 heteroatoms. The molecule has 0 aliphatic heterocycles. The minimum atomic E-state index is -3.84. The van der Waals surface area contributed by atoms with Crippen LogP contribution in [0.5, 0.6) is 0 Å². The molecule has 0 bridgehead atoms. The summed E-state index contributed by atoms with van der Waals surface area (Å²) in [5, 5.41) is 0.684. The first-order chi connectivity index (χ1) is 12.8. The molecule has 140 valence electrons. The molecule has 27 heavy (non-hydrogen) atoms. The van der Waals surface area contributed by atoms with E-state index in [0.29, 0.717) is 16.8 Å². The normalized spacial score (nSPS) is 11.5. The van der Waals surface area contributed by atoms with E-state index in [1.165, 1.54) is 13.0 Å². The Morgan fingerprint density at radius 2 is 1.67 bits per heavy atom. The van der Waals surface area contributed by atoms with Crippen LogP contribution in [0.15, 0.2) is 63.3 Å². The molecule has 0 aliphatic carbocycles. The third kappa shape index (κ3) is 4.28. The average molecular weight is 419 g/mol. The van der Waals surface area contributed by atoms with Crippen LogP contribution in [-0.4, -0.2) is 31.7 Å². The highest BCUT2D eigenvalue weighted by Crippen LogP contribution is 2.31. The molecule has 3 aromatic rings. The molecule has 5 nitrogen and oxygen atoms in total. The molecule has 1 aromatic heterocycles. The van der Waals surface area contributed by atoms with Crippen molar-refractivity contribution in [3.05, 3.63) is 54.1 Å². The first kappa shape index (κ1) is 19.7. The number of benzene rings is 2. The number of aromatic nitrogens is 1. The van der Waals surface area contributed by atoms with Crippen LogP contribution in [0.1, 0.15) is 17.3 Å². The van der Waals surface area contributed by atoms with Gasteiger partial charge in [-0.05, 0) is 55.8 Å². The minimum Gasteiger partial charge on any atom is -0.295 e. The Hall–Kier alpha value is -2.03. The molecule has 0 radical (unpaired) electrons. The summed E-state index contributed by atoms with van der Waals surface area (Å²) in [6.07, 6.45) is 3.93. The minimum absolute atomic E-state index is 0.0876. The van der Waals surface area contributed by atoms with Crippen molar-refractivity contribution in [2.75, 3.05) is 17.2 Å². The van der Waals surface area contributed by atoms with Crippen LogP contribution in [-0.2, 0) is 10.0 Å². The molecule has 0 saturated carbocycles. The molecule has 0 spiro atoms. The predicted octanol–water partition coefficient (Wildman–Crippen LogP) is 4.68. The van der Waals surface area contributed by atoms with Gasteiger partial charge in [0.1, 0.15) is 0 Å². The van der Waals surface area contributed by atoms with Gasteiger partial charge in [0, 0.05) is 20.7 Å². The van der Waals surface area contributed by atoms with Crippen molar-refractivity contribution >= 4 is 55.9 Å². The van der Waals surface area contributed by atoms with Gasteiger partial charge >= 0.3 is 0 Å². The smallest absolute Gasteiger partial charge is 0.279 e. The van der Waals surface area contributed by atoms with Gasteiger partial charge in [0.2, 0.25) is 0 Å². The van der Waals surface area contributed by atoms with Crippen LogP contribution in [0.4, 0.5) is 5.69 Å². The van der Waals surface area contributed by atoms with Crippen LogP contribution < -0.4 is 4.72 Å². The zero-order chi connectivity index (χ0) is 19.6. The Bertz CT molecular complexity index is 1130. The molecular formula is C19H18N2O3S3. The van der Waals surface area contributed by atoms with Crippen molar-refractivity contribution in [1.29, 1.82) is 0 Å². The Balaban J connectivity index is 1.98. The van der Waals surface area contributed by atoms with Gasteiger partial charge in [-0.25, -0.2) is 4.98 Å². The fourth-order valence-corrected chi connectivity index (χ4v) is 5.06. The van der Waals surface area contributed by atoms with Gasteiger partial charge in [0.15, 0.2) is 10.8 Å². The Kier molecular flexibility index (Phi) is 5.78. The molecular weight excluding hydrogens is 400 g/mol. The van der Waals surface area contributed by atoms with Crippen molar-refractivity contribution < 1.29 is 13.2 Å². The number of anilines is 1. The first-order valence-corrected chi connectivity index (χ1v) is 11.9. The van der Waals surface area contributed by atoms with E-state index in [9.17, 15) is 13.2 Å². The number of fused-ring (bicyclic) bond motifs is 1. The van der Waals surface area contributed by atoms with Gasteiger partial charge in [0.25, 0.3) is 10.0 Å². The fourth-order valence-electron chi connectivity index (χ4n) is 2.57. The first-order valence-electron chi connectivity index (χ1n) is 8.00. The summed E-state index contributed by atoms with van der Waals surface area (Å²) < 4.78 is 28.1. The maximum atomic E-state index is 12.8. The van der Waals surface area contributed by atoms with Gasteiger partial charge < -0.3 is 0 Å². The van der Waals surface area contributed by atoms with Crippen LogP contribution in [0.25, 0.3) is 10.9 Å². The highest BCUT2D eigenvalue weighted by atomic mass is 32.2. The quantitative estimate of drug-likeness (QED) is 0.463. The number of nitrogens with one attached hydrogen (secondary N) is 1. The number of nitrogens with zero attached hydrogens (tertiary/aromatic N) is 1. The summed E-state index contributed by atoms with van der Waals surface area (Å²) in [5.41, 5.74) is 1.44. The molecule has 3 rings (SSSR count). The van der Waals surface area contributed by atoms with Crippen molar-refractivity contribution in [3.63, 3.8) is 0 Å². The van der Waals surface area contributed by atoms with Crippen LogP contribution >= 0.6 is 23.5 Å². The number of hydrogen-bond acceptors (Lipinski definition) is 6. The van der Waals surface area contributed by atoms with E-state index >= 15 is 0 Å².